The number of aromatic amines is 1. The molecule has 0 aromatic carbocycles. The third kappa shape index (κ3) is 0.935. The van der Waals surface area contributed by atoms with Crippen LogP contribution in [-0.4, -0.2) is 19.1 Å². The Morgan fingerprint density at radius 2 is 2.14 bits per heavy atom. The van der Waals surface area contributed by atoms with Crippen LogP contribution in [0.2, 0.25) is 0 Å². The Morgan fingerprint density at radius 3 is 2.79 bits per heavy atom. The molecule has 74 valence electrons. The first-order valence-electron chi connectivity index (χ1n) is 5.42. The number of rotatable bonds is 0. The summed E-state index contributed by atoms with van der Waals surface area (Å²) in [6.45, 7) is -1.06. The van der Waals surface area contributed by atoms with E-state index in [4.69, 9.17) is 4.11 Å². The highest BCUT2D eigenvalue weighted by Gasteiger charge is 2.11. The molecule has 0 fully saturated rings. The lowest BCUT2D eigenvalue weighted by Crippen LogP contribution is -2.29. The van der Waals surface area contributed by atoms with Crippen molar-refractivity contribution >= 4 is 11.2 Å². The number of hydrogen-bond acceptors (Lipinski definition) is 3. The second-order valence-electron chi connectivity index (χ2n) is 2.98. The first-order chi connectivity index (χ1) is 7.73. The van der Waals surface area contributed by atoms with Crippen molar-refractivity contribution in [2.45, 2.75) is 6.92 Å². The molecule has 0 radical (unpaired) electrons. The Hall–Kier alpha value is -1.85. The molecule has 2 aromatic heterocycles. The maximum atomic E-state index is 11.6. The highest BCUT2D eigenvalue weighted by Crippen LogP contribution is 2.06. The lowest BCUT2D eigenvalue weighted by atomic mass is 10.5. The maximum absolute atomic E-state index is 11.6. The van der Waals surface area contributed by atoms with Gasteiger partial charge in [-0.25, -0.2) is 9.78 Å². The molecule has 0 aliphatic heterocycles. The summed E-state index contributed by atoms with van der Waals surface area (Å²) in [6.07, 6.45) is 0. The van der Waals surface area contributed by atoms with Crippen LogP contribution in [0, 0.1) is 6.92 Å². The zero-order valence-corrected chi connectivity index (χ0v) is 7.66. The Morgan fingerprint density at radius 1 is 1.43 bits per heavy atom. The molecule has 0 aliphatic carbocycles. The van der Waals surface area contributed by atoms with E-state index in [1.54, 1.807) is 14.0 Å². The average molecular weight is 197 g/mol. The summed E-state index contributed by atoms with van der Waals surface area (Å²) < 4.78 is 23.8. The molecule has 2 rings (SSSR count). The standard InChI is InChI=1S/C8H10N4O2/c1-4-9-6-5(11(4)2)7(13)10-8(14)12(6)3/h1-3H3,(H,10,13,14)/i3D3. The molecule has 2 heterocycles. The quantitative estimate of drug-likeness (QED) is 0.605. The van der Waals surface area contributed by atoms with Crippen LogP contribution < -0.4 is 11.2 Å². The molecule has 0 amide bonds. The van der Waals surface area contributed by atoms with Gasteiger partial charge in [0.2, 0.25) is 0 Å². The molecule has 6 nitrogen and oxygen atoms in total. The first kappa shape index (κ1) is 5.79. The van der Waals surface area contributed by atoms with Crippen LogP contribution in [-0.2, 0) is 14.0 Å². The van der Waals surface area contributed by atoms with Crippen molar-refractivity contribution in [2.75, 3.05) is 0 Å². The van der Waals surface area contributed by atoms with Crippen molar-refractivity contribution in [3.63, 3.8) is 0 Å². The van der Waals surface area contributed by atoms with Crippen LogP contribution in [0.15, 0.2) is 9.59 Å². The topological polar surface area (TPSA) is 72.7 Å². The number of nitrogens with one attached hydrogen (secondary N) is 1. The van der Waals surface area contributed by atoms with Crippen LogP contribution in [0.1, 0.15) is 9.94 Å². The number of hydrogen-bond donors (Lipinski definition) is 1. The predicted molar refractivity (Wildman–Crippen MR) is 51.3 cm³/mol. The predicted octanol–water partition coefficient (Wildman–Crippen LogP) is -0.731. The van der Waals surface area contributed by atoms with Crippen LogP contribution in [0.4, 0.5) is 0 Å². The Bertz CT molecular complexity index is 706. The van der Waals surface area contributed by atoms with Crippen molar-refractivity contribution in [3.05, 3.63) is 26.7 Å². The van der Waals surface area contributed by atoms with Crippen LogP contribution >= 0.6 is 0 Å². The van der Waals surface area contributed by atoms with Crippen molar-refractivity contribution in [2.24, 2.45) is 14.0 Å². The molecule has 0 aliphatic rings. The van der Waals surface area contributed by atoms with Gasteiger partial charge in [0.25, 0.3) is 5.56 Å². The Kier molecular flexibility index (Phi) is 1.06. The van der Waals surface area contributed by atoms with Gasteiger partial charge in [0.1, 0.15) is 5.82 Å². The number of aromatic nitrogens is 4. The molecule has 0 spiro atoms. The van der Waals surface area contributed by atoms with E-state index in [9.17, 15) is 9.59 Å². The highest BCUT2D eigenvalue weighted by molar-refractivity contribution is 5.70. The fourth-order valence-electron chi connectivity index (χ4n) is 1.31. The molecule has 0 saturated heterocycles. The third-order valence-corrected chi connectivity index (χ3v) is 2.15. The molecule has 0 unspecified atom stereocenters. The van der Waals surface area contributed by atoms with E-state index >= 15 is 0 Å². The van der Waals surface area contributed by atoms with Gasteiger partial charge in [0, 0.05) is 18.1 Å². The van der Waals surface area contributed by atoms with E-state index in [2.05, 4.69) is 4.98 Å². The summed E-state index contributed by atoms with van der Waals surface area (Å²) in [5, 5.41) is 0. The summed E-state index contributed by atoms with van der Waals surface area (Å²) in [5.74, 6) is 0.453. The molecule has 14 heavy (non-hydrogen) atoms. The number of imidazole rings is 1. The second-order valence-corrected chi connectivity index (χ2v) is 2.98. The van der Waals surface area contributed by atoms with Gasteiger partial charge >= 0.3 is 5.69 Å². The fourth-order valence-corrected chi connectivity index (χ4v) is 1.31. The van der Waals surface area contributed by atoms with Gasteiger partial charge in [-0.3, -0.25) is 14.3 Å². The summed E-state index contributed by atoms with van der Waals surface area (Å²) in [4.78, 5) is 29.0. The van der Waals surface area contributed by atoms with Crippen molar-refractivity contribution in [1.29, 1.82) is 0 Å². The van der Waals surface area contributed by atoms with E-state index in [1.165, 1.54) is 4.57 Å². The van der Waals surface area contributed by atoms with Crippen LogP contribution in [0.25, 0.3) is 11.2 Å². The number of fused-ring (bicyclic) bond motifs is 1. The molecule has 6 heteroatoms. The summed E-state index contributed by atoms with van der Waals surface area (Å²) >= 11 is 0. The van der Waals surface area contributed by atoms with Crippen LogP contribution in [0.5, 0.6) is 0 Å². The summed E-state index contributed by atoms with van der Waals surface area (Å²) in [6, 6.07) is 0. The highest BCUT2D eigenvalue weighted by atomic mass is 16.2. The van der Waals surface area contributed by atoms with Gasteiger partial charge in [-0.2, -0.15) is 0 Å². The zero-order valence-electron chi connectivity index (χ0n) is 10.7. The molecular weight excluding hydrogens is 184 g/mol. The Balaban J connectivity index is 3.10. The van der Waals surface area contributed by atoms with Crippen molar-refractivity contribution < 1.29 is 4.11 Å². The lowest BCUT2D eigenvalue weighted by Gasteiger charge is -1.97. The van der Waals surface area contributed by atoms with Gasteiger partial charge in [0.15, 0.2) is 11.2 Å². The van der Waals surface area contributed by atoms with Crippen LogP contribution in [0.3, 0.4) is 0 Å². The smallest absolute Gasteiger partial charge is 0.325 e. The Labute approximate surface area is 83.0 Å². The van der Waals surface area contributed by atoms with Gasteiger partial charge in [-0.15, -0.1) is 0 Å². The minimum absolute atomic E-state index is 0.0678. The van der Waals surface area contributed by atoms with Gasteiger partial charge in [-0.05, 0) is 6.92 Å². The van der Waals surface area contributed by atoms with Gasteiger partial charge in [0.05, 0.1) is 0 Å². The number of aryl methyl sites for hydroxylation is 3. The molecule has 2 aromatic rings. The largest absolute Gasteiger partial charge is 0.329 e. The minimum Gasteiger partial charge on any atom is -0.325 e. The van der Waals surface area contributed by atoms with E-state index in [0.29, 0.717) is 10.4 Å². The van der Waals surface area contributed by atoms with Gasteiger partial charge in [-0.1, -0.05) is 0 Å². The summed E-state index contributed by atoms with van der Waals surface area (Å²) in [5.41, 5.74) is -1.69. The molecule has 0 atom stereocenters. The second kappa shape index (κ2) is 2.57. The summed E-state index contributed by atoms with van der Waals surface area (Å²) in [7, 11) is 1.58. The van der Waals surface area contributed by atoms with Crippen molar-refractivity contribution in [3.8, 4) is 0 Å². The third-order valence-electron chi connectivity index (χ3n) is 2.15. The number of nitrogens with zero attached hydrogens (tertiary/aromatic N) is 3. The van der Waals surface area contributed by atoms with Gasteiger partial charge < -0.3 is 4.57 Å². The number of H-pyrrole nitrogens is 1. The fraction of sp³-hybridized carbons (Fsp3) is 0.375. The first-order valence-corrected chi connectivity index (χ1v) is 3.92. The van der Waals surface area contributed by atoms with E-state index in [-0.39, 0.29) is 11.2 Å². The maximum Gasteiger partial charge on any atom is 0.329 e. The molecule has 1 N–H and O–H groups in total. The van der Waals surface area contributed by atoms with Crippen molar-refractivity contribution in [1.82, 2.24) is 19.1 Å². The van der Waals surface area contributed by atoms with E-state index < -0.39 is 18.2 Å². The van der Waals surface area contributed by atoms with E-state index in [1.807, 2.05) is 4.98 Å². The van der Waals surface area contributed by atoms with E-state index in [0.717, 1.165) is 0 Å². The zero-order chi connectivity index (χ0) is 13.0. The average Bonchev–Trinajstić information content (AvgIpc) is 2.40. The molecule has 0 bridgehead atoms. The molecule has 0 saturated carbocycles. The minimum atomic E-state index is -2.68. The lowest BCUT2D eigenvalue weighted by molar-refractivity contribution is 0.829. The monoisotopic (exact) mass is 197 g/mol. The molecular formula is C8H10N4O2. The SMILES string of the molecule is [2H]C([2H])([2H])n1c(=O)[nH]c(=O)c2c1nc(C)n2C. The normalized spacial score (nSPS) is 15.1.